The predicted octanol–water partition coefficient (Wildman–Crippen LogP) is 3.64. The average molecular weight is 370 g/mol. The number of likely N-dealkylation sites (N-methyl/N-ethyl adjacent to an activating group) is 1. The van der Waals surface area contributed by atoms with Crippen molar-refractivity contribution < 1.29 is 19.4 Å². The van der Waals surface area contributed by atoms with Crippen molar-refractivity contribution >= 4 is 34.6 Å². The highest BCUT2D eigenvalue weighted by atomic mass is 32.2. The fourth-order valence-corrected chi connectivity index (χ4v) is 3.36. The van der Waals surface area contributed by atoms with Gasteiger partial charge in [0.25, 0.3) is 5.91 Å². The third-order valence-electron chi connectivity index (χ3n) is 3.80. The summed E-state index contributed by atoms with van der Waals surface area (Å²) in [5.74, 6) is 1.36. The van der Waals surface area contributed by atoms with Crippen LogP contribution in [0, 0.1) is 0 Å². The van der Waals surface area contributed by atoms with Crippen molar-refractivity contribution in [3.63, 3.8) is 0 Å². The topological polar surface area (TPSA) is 71.4 Å². The van der Waals surface area contributed by atoms with Gasteiger partial charge in [-0.1, -0.05) is 0 Å². The van der Waals surface area contributed by atoms with E-state index >= 15 is 0 Å². The molecule has 0 atom stereocenters. The lowest BCUT2D eigenvalue weighted by Gasteiger charge is -2.08. The Bertz CT molecular complexity index is 891. The van der Waals surface area contributed by atoms with E-state index in [1.807, 2.05) is 6.07 Å². The summed E-state index contributed by atoms with van der Waals surface area (Å²) in [5, 5.41) is 9.92. The standard InChI is InChI=1S/C19H18N2O4S/c1-21-18(23)17(11-12-10-15(24-2)8-9-16(12)25-3)26-19(21)20-13-4-6-14(22)7-5-13/h4-11,22H,1-3H3/b17-11-,20-19?. The summed E-state index contributed by atoms with van der Waals surface area (Å²) in [6.07, 6.45) is 1.77. The monoisotopic (exact) mass is 370 g/mol. The van der Waals surface area contributed by atoms with Crippen molar-refractivity contribution in [1.29, 1.82) is 0 Å². The van der Waals surface area contributed by atoms with Gasteiger partial charge in [-0.2, -0.15) is 0 Å². The number of phenols is 1. The summed E-state index contributed by atoms with van der Waals surface area (Å²) in [6.45, 7) is 0. The number of amidine groups is 1. The Kier molecular flexibility index (Phi) is 5.18. The second kappa shape index (κ2) is 7.53. The molecule has 0 radical (unpaired) electrons. The lowest BCUT2D eigenvalue weighted by molar-refractivity contribution is -0.121. The number of thioether (sulfide) groups is 1. The van der Waals surface area contributed by atoms with E-state index in [2.05, 4.69) is 4.99 Å². The van der Waals surface area contributed by atoms with E-state index in [-0.39, 0.29) is 11.7 Å². The number of phenolic OH excluding ortho intramolecular Hbond substituents is 1. The van der Waals surface area contributed by atoms with Crippen LogP contribution in [0.1, 0.15) is 5.56 Å². The molecular formula is C19H18N2O4S. The lowest BCUT2D eigenvalue weighted by atomic mass is 10.1. The van der Waals surface area contributed by atoms with E-state index in [1.165, 1.54) is 16.7 Å². The molecule has 1 saturated heterocycles. The molecule has 0 saturated carbocycles. The predicted molar refractivity (Wildman–Crippen MR) is 103 cm³/mol. The number of aromatic hydroxyl groups is 1. The van der Waals surface area contributed by atoms with Crippen LogP contribution >= 0.6 is 11.8 Å². The molecule has 26 heavy (non-hydrogen) atoms. The summed E-state index contributed by atoms with van der Waals surface area (Å²) in [4.78, 5) is 19.1. The van der Waals surface area contributed by atoms with Crippen LogP contribution in [0.3, 0.4) is 0 Å². The average Bonchev–Trinajstić information content (AvgIpc) is 2.91. The molecule has 134 valence electrons. The summed E-state index contributed by atoms with van der Waals surface area (Å²) in [6, 6.07) is 11.9. The van der Waals surface area contributed by atoms with Crippen molar-refractivity contribution in [2.24, 2.45) is 4.99 Å². The molecule has 1 amide bonds. The maximum atomic E-state index is 12.6. The fourth-order valence-electron chi connectivity index (χ4n) is 2.38. The maximum absolute atomic E-state index is 12.6. The molecule has 1 aliphatic heterocycles. The number of methoxy groups -OCH3 is 2. The number of rotatable bonds is 4. The minimum Gasteiger partial charge on any atom is -0.508 e. The highest BCUT2D eigenvalue weighted by Crippen LogP contribution is 2.35. The molecule has 1 heterocycles. The van der Waals surface area contributed by atoms with Crippen molar-refractivity contribution in [3.05, 3.63) is 52.9 Å². The van der Waals surface area contributed by atoms with Crippen LogP contribution in [0.25, 0.3) is 6.08 Å². The Morgan fingerprint density at radius 3 is 2.50 bits per heavy atom. The molecule has 0 aliphatic carbocycles. The zero-order valence-electron chi connectivity index (χ0n) is 14.6. The minimum absolute atomic E-state index is 0.141. The number of carbonyl (C=O) groups is 1. The summed E-state index contributed by atoms with van der Waals surface area (Å²) >= 11 is 1.28. The van der Waals surface area contributed by atoms with Crippen LogP contribution < -0.4 is 9.47 Å². The van der Waals surface area contributed by atoms with Gasteiger partial charge in [0.1, 0.15) is 17.2 Å². The molecule has 0 bridgehead atoms. The summed E-state index contributed by atoms with van der Waals surface area (Å²) < 4.78 is 10.6. The van der Waals surface area contributed by atoms with Gasteiger partial charge in [-0.05, 0) is 60.3 Å². The van der Waals surface area contributed by atoms with Crippen LogP contribution in [-0.2, 0) is 4.79 Å². The van der Waals surface area contributed by atoms with E-state index in [1.54, 1.807) is 63.7 Å². The van der Waals surface area contributed by atoms with Gasteiger partial charge in [0, 0.05) is 12.6 Å². The molecule has 2 aromatic carbocycles. The van der Waals surface area contributed by atoms with Gasteiger partial charge in [-0.15, -0.1) is 0 Å². The van der Waals surface area contributed by atoms with Crippen LogP contribution in [0.4, 0.5) is 5.69 Å². The smallest absolute Gasteiger partial charge is 0.266 e. The molecule has 0 spiro atoms. The first-order valence-electron chi connectivity index (χ1n) is 7.79. The molecule has 6 nitrogen and oxygen atoms in total. The van der Waals surface area contributed by atoms with Gasteiger partial charge in [-0.3, -0.25) is 9.69 Å². The van der Waals surface area contributed by atoms with Gasteiger partial charge >= 0.3 is 0 Å². The highest BCUT2D eigenvalue weighted by Gasteiger charge is 2.30. The number of carbonyl (C=O) groups excluding carboxylic acids is 1. The zero-order valence-corrected chi connectivity index (χ0v) is 15.4. The largest absolute Gasteiger partial charge is 0.508 e. The third kappa shape index (κ3) is 3.67. The minimum atomic E-state index is -0.141. The van der Waals surface area contributed by atoms with E-state index in [0.29, 0.717) is 27.3 Å². The van der Waals surface area contributed by atoms with Gasteiger partial charge in [-0.25, -0.2) is 4.99 Å². The molecule has 0 aromatic heterocycles. The van der Waals surface area contributed by atoms with E-state index in [0.717, 1.165) is 5.56 Å². The van der Waals surface area contributed by atoms with E-state index in [4.69, 9.17) is 9.47 Å². The van der Waals surface area contributed by atoms with Crippen LogP contribution in [0.2, 0.25) is 0 Å². The Balaban J connectivity index is 1.94. The van der Waals surface area contributed by atoms with Crippen molar-refractivity contribution in [1.82, 2.24) is 4.90 Å². The number of aliphatic imine (C=N–C) groups is 1. The van der Waals surface area contributed by atoms with Gasteiger partial charge in [0.2, 0.25) is 0 Å². The first-order chi connectivity index (χ1) is 12.5. The van der Waals surface area contributed by atoms with Gasteiger partial charge in [0.15, 0.2) is 5.17 Å². The van der Waals surface area contributed by atoms with Crippen LogP contribution in [0.15, 0.2) is 52.4 Å². The molecule has 1 N–H and O–H groups in total. The number of benzene rings is 2. The first kappa shape index (κ1) is 17.9. The summed E-state index contributed by atoms with van der Waals surface area (Å²) in [7, 11) is 4.85. The Hall–Kier alpha value is -2.93. The molecule has 1 aliphatic rings. The van der Waals surface area contributed by atoms with Gasteiger partial charge in [0.05, 0.1) is 24.8 Å². The lowest BCUT2D eigenvalue weighted by Crippen LogP contribution is -2.23. The third-order valence-corrected chi connectivity index (χ3v) is 4.86. The second-order valence-electron chi connectivity index (χ2n) is 5.49. The van der Waals surface area contributed by atoms with Crippen LogP contribution in [0.5, 0.6) is 17.2 Å². The summed E-state index contributed by atoms with van der Waals surface area (Å²) in [5.41, 5.74) is 1.41. The molecule has 1 fully saturated rings. The number of hydrogen-bond acceptors (Lipinski definition) is 6. The Morgan fingerprint density at radius 1 is 1.12 bits per heavy atom. The SMILES string of the molecule is COc1ccc(OC)c(/C=C2\SC(=Nc3ccc(O)cc3)N(C)C2=O)c1. The zero-order chi connectivity index (χ0) is 18.7. The number of ether oxygens (including phenoxy) is 2. The normalized spacial score (nSPS) is 17.2. The molecule has 3 rings (SSSR count). The fraction of sp³-hybridized carbons (Fsp3) is 0.158. The van der Waals surface area contributed by atoms with Crippen LogP contribution in [-0.4, -0.2) is 42.3 Å². The van der Waals surface area contributed by atoms with E-state index in [9.17, 15) is 9.90 Å². The van der Waals surface area contributed by atoms with Crippen molar-refractivity contribution in [3.8, 4) is 17.2 Å². The maximum Gasteiger partial charge on any atom is 0.266 e. The van der Waals surface area contributed by atoms with Crippen molar-refractivity contribution in [2.45, 2.75) is 0 Å². The molecular weight excluding hydrogens is 352 g/mol. The number of hydrogen-bond donors (Lipinski definition) is 1. The number of amides is 1. The molecule has 0 unspecified atom stereocenters. The van der Waals surface area contributed by atoms with E-state index < -0.39 is 0 Å². The molecule has 2 aromatic rings. The van der Waals surface area contributed by atoms with Gasteiger partial charge < -0.3 is 14.6 Å². The second-order valence-corrected chi connectivity index (χ2v) is 6.50. The first-order valence-corrected chi connectivity index (χ1v) is 8.61. The van der Waals surface area contributed by atoms with Crippen molar-refractivity contribution in [2.75, 3.05) is 21.3 Å². The quantitative estimate of drug-likeness (QED) is 0.832. The Morgan fingerprint density at radius 2 is 1.85 bits per heavy atom. The Labute approximate surface area is 155 Å². The number of nitrogens with zero attached hydrogens (tertiary/aromatic N) is 2. The molecule has 7 heteroatoms. The highest BCUT2D eigenvalue weighted by molar-refractivity contribution is 8.18.